The van der Waals surface area contributed by atoms with Crippen LogP contribution in [0.2, 0.25) is 0 Å². The van der Waals surface area contributed by atoms with Crippen LogP contribution in [0.3, 0.4) is 0 Å². The van der Waals surface area contributed by atoms with Gasteiger partial charge in [0.05, 0.1) is 16.4 Å². The van der Waals surface area contributed by atoms with E-state index in [4.69, 9.17) is 14.5 Å². The maximum atomic E-state index is 5.44. The Balaban J connectivity index is 1.33. The van der Waals surface area contributed by atoms with Crippen molar-refractivity contribution in [3.8, 4) is 22.1 Å². The van der Waals surface area contributed by atoms with Crippen molar-refractivity contribution in [2.45, 2.75) is 26.8 Å². The van der Waals surface area contributed by atoms with Gasteiger partial charge in [0.25, 0.3) is 0 Å². The molecule has 1 N–H and O–H groups in total. The maximum absolute atomic E-state index is 5.44. The number of fused-ring (bicyclic) bond motifs is 1. The van der Waals surface area contributed by atoms with Crippen molar-refractivity contribution in [3.05, 3.63) is 44.9 Å². The first-order chi connectivity index (χ1) is 12.2. The van der Waals surface area contributed by atoms with Gasteiger partial charge in [-0.3, -0.25) is 0 Å². The number of hydrogen-bond donors (Lipinski definition) is 1. The first-order valence-electron chi connectivity index (χ1n) is 8.17. The third-order valence-electron chi connectivity index (χ3n) is 4.01. The van der Waals surface area contributed by atoms with Gasteiger partial charge < -0.3 is 14.8 Å². The Morgan fingerprint density at radius 3 is 2.88 bits per heavy atom. The van der Waals surface area contributed by atoms with Crippen molar-refractivity contribution in [2.24, 2.45) is 0 Å². The van der Waals surface area contributed by atoms with Crippen LogP contribution in [-0.2, 0) is 13.0 Å². The molecule has 4 rings (SSSR count). The van der Waals surface area contributed by atoms with E-state index in [0.717, 1.165) is 58.0 Å². The first kappa shape index (κ1) is 16.5. The molecular weight excluding hydrogens is 354 g/mol. The van der Waals surface area contributed by atoms with E-state index in [1.807, 2.05) is 18.2 Å². The van der Waals surface area contributed by atoms with Crippen molar-refractivity contribution in [2.75, 3.05) is 13.3 Å². The number of hydrogen-bond acceptors (Lipinski definition) is 7. The molecule has 2 aromatic heterocycles. The van der Waals surface area contributed by atoms with Crippen molar-refractivity contribution in [1.82, 2.24) is 15.3 Å². The highest BCUT2D eigenvalue weighted by Gasteiger charge is 2.15. The number of nitrogens with one attached hydrogen (secondary N) is 1. The van der Waals surface area contributed by atoms with Gasteiger partial charge in [0.1, 0.15) is 5.01 Å². The molecule has 25 heavy (non-hydrogen) atoms. The van der Waals surface area contributed by atoms with E-state index in [0.29, 0.717) is 6.79 Å². The second-order valence-electron chi connectivity index (χ2n) is 5.88. The molecule has 1 aromatic carbocycles. The summed E-state index contributed by atoms with van der Waals surface area (Å²) in [5, 5.41) is 7.72. The molecule has 0 amide bonds. The fourth-order valence-corrected chi connectivity index (χ4v) is 4.53. The molecule has 0 saturated carbocycles. The van der Waals surface area contributed by atoms with E-state index in [9.17, 15) is 0 Å². The van der Waals surface area contributed by atoms with Gasteiger partial charge in [-0.25, -0.2) is 9.97 Å². The number of aromatic nitrogens is 2. The average molecular weight is 374 g/mol. The lowest BCUT2D eigenvalue weighted by Crippen LogP contribution is -2.16. The number of thiazole rings is 2. The van der Waals surface area contributed by atoms with Gasteiger partial charge in [-0.1, -0.05) is 0 Å². The van der Waals surface area contributed by atoms with E-state index in [2.05, 4.69) is 29.5 Å². The van der Waals surface area contributed by atoms with Crippen LogP contribution in [-0.4, -0.2) is 23.3 Å². The minimum atomic E-state index is 0.296. The lowest BCUT2D eigenvalue weighted by molar-refractivity contribution is 0.174. The molecule has 0 radical (unpaired) electrons. The zero-order valence-electron chi connectivity index (χ0n) is 14.2. The van der Waals surface area contributed by atoms with Gasteiger partial charge >= 0.3 is 0 Å². The Hall–Kier alpha value is -1.96. The fourth-order valence-electron chi connectivity index (χ4n) is 2.77. The normalized spacial score (nSPS) is 12.7. The van der Waals surface area contributed by atoms with Gasteiger partial charge in [-0.2, -0.15) is 0 Å². The maximum Gasteiger partial charge on any atom is 0.231 e. The largest absolute Gasteiger partial charge is 0.454 e. The summed E-state index contributed by atoms with van der Waals surface area (Å²) in [5.74, 6) is 1.60. The van der Waals surface area contributed by atoms with Crippen molar-refractivity contribution in [3.63, 3.8) is 0 Å². The molecule has 0 saturated heterocycles. The highest BCUT2D eigenvalue weighted by molar-refractivity contribution is 7.13. The van der Waals surface area contributed by atoms with Crippen LogP contribution in [0.5, 0.6) is 11.5 Å². The monoisotopic (exact) mass is 373 g/mol. The molecule has 5 nitrogen and oxygen atoms in total. The minimum absolute atomic E-state index is 0.296. The number of benzene rings is 1. The summed E-state index contributed by atoms with van der Waals surface area (Å²) in [6.45, 7) is 6.14. The summed E-state index contributed by atoms with van der Waals surface area (Å²) in [7, 11) is 0. The van der Waals surface area contributed by atoms with E-state index in [-0.39, 0.29) is 0 Å². The van der Waals surface area contributed by atoms with Crippen LogP contribution in [0.15, 0.2) is 23.6 Å². The molecule has 0 atom stereocenters. The summed E-state index contributed by atoms with van der Waals surface area (Å²) >= 11 is 3.44. The smallest absolute Gasteiger partial charge is 0.231 e. The van der Waals surface area contributed by atoms with E-state index < -0.39 is 0 Å². The molecule has 0 aliphatic carbocycles. The zero-order valence-corrected chi connectivity index (χ0v) is 15.8. The third kappa shape index (κ3) is 3.68. The molecule has 1 aliphatic heterocycles. The molecular formula is C18H19N3O2S2. The Morgan fingerprint density at radius 1 is 1.16 bits per heavy atom. The van der Waals surface area contributed by atoms with Crippen LogP contribution in [0.1, 0.15) is 21.3 Å². The van der Waals surface area contributed by atoms with Crippen LogP contribution < -0.4 is 14.8 Å². The third-order valence-corrected chi connectivity index (χ3v) is 6.08. The van der Waals surface area contributed by atoms with Gasteiger partial charge in [0.2, 0.25) is 6.79 Å². The fraction of sp³-hybridized carbons (Fsp3) is 0.333. The Labute approximate surface area is 154 Å². The van der Waals surface area contributed by atoms with Crippen LogP contribution in [0.25, 0.3) is 10.6 Å². The summed E-state index contributed by atoms with van der Waals surface area (Å²) in [6, 6.07) is 5.96. The van der Waals surface area contributed by atoms with Gasteiger partial charge in [-0.05, 0) is 38.5 Å². The molecule has 0 bridgehead atoms. The molecule has 0 unspecified atom stereocenters. The lowest BCUT2D eigenvalue weighted by Gasteiger charge is -2.02. The quantitative estimate of drug-likeness (QED) is 0.663. The predicted molar refractivity (Wildman–Crippen MR) is 101 cm³/mol. The lowest BCUT2D eigenvalue weighted by atomic mass is 10.2. The average Bonchev–Trinajstić information content (AvgIpc) is 3.31. The van der Waals surface area contributed by atoms with E-state index >= 15 is 0 Å². The number of rotatable bonds is 6. The van der Waals surface area contributed by atoms with Crippen LogP contribution in [0.4, 0.5) is 0 Å². The molecule has 130 valence electrons. The second-order valence-corrected chi connectivity index (χ2v) is 8.03. The minimum Gasteiger partial charge on any atom is -0.454 e. The van der Waals surface area contributed by atoms with Crippen molar-refractivity contribution in [1.29, 1.82) is 0 Å². The standard InChI is InChI=1S/C18H19N3O2S2/c1-11-17(25-12(2)20-11)5-6-19-8-14-9-24-18(21-14)13-3-4-15-16(7-13)23-10-22-15/h3-4,7,9,19H,5-6,8,10H2,1-2H3. The highest BCUT2D eigenvalue weighted by Crippen LogP contribution is 2.36. The first-order valence-corrected chi connectivity index (χ1v) is 9.87. The predicted octanol–water partition coefficient (Wildman–Crippen LogP) is 3.94. The SMILES string of the molecule is Cc1nc(C)c(CCNCc2csc(-c3ccc4c(c3)OCO4)n2)s1. The summed E-state index contributed by atoms with van der Waals surface area (Å²) in [5.41, 5.74) is 3.29. The highest BCUT2D eigenvalue weighted by atomic mass is 32.1. The van der Waals surface area contributed by atoms with E-state index in [1.165, 1.54) is 4.88 Å². The second kappa shape index (κ2) is 7.11. The zero-order chi connectivity index (χ0) is 17.2. The molecule has 0 spiro atoms. The van der Waals surface area contributed by atoms with E-state index in [1.54, 1.807) is 22.7 Å². The summed E-state index contributed by atoms with van der Waals surface area (Å²) in [6.07, 6.45) is 1.01. The van der Waals surface area contributed by atoms with Gasteiger partial charge in [-0.15, -0.1) is 22.7 Å². The molecule has 0 fully saturated rings. The molecule has 7 heteroatoms. The summed E-state index contributed by atoms with van der Waals surface area (Å²) < 4.78 is 10.8. The van der Waals surface area contributed by atoms with Gasteiger partial charge in [0, 0.05) is 28.9 Å². The Kier molecular flexibility index (Phi) is 4.70. The Bertz CT molecular complexity index is 888. The molecule has 1 aliphatic rings. The molecule has 3 heterocycles. The Morgan fingerprint density at radius 2 is 2.04 bits per heavy atom. The van der Waals surface area contributed by atoms with Crippen molar-refractivity contribution < 1.29 is 9.47 Å². The molecule has 3 aromatic rings. The number of aryl methyl sites for hydroxylation is 2. The number of nitrogens with zero attached hydrogens (tertiary/aromatic N) is 2. The van der Waals surface area contributed by atoms with Crippen molar-refractivity contribution >= 4 is 22.7 Å². The topological polar surface area (TPSA) is 56.3 Å². The van der Waals surface area contributed by atoms with Gasteiger partial charge in [0.15, 0.2) is 11.5 Å². The van der Waals surface area contributed by atoms with Crippen LogP contribution in [0, 0.1) is 13.8 Å². The summed E-state index contributed by atoms with van der Waals surface area (Å²) in [4.78, 5) is 10.6. The number of ether oxygens (including phenoxy) is 2. The van der Waals surface area contributed by atoms with Crippen LogP contribution >= 0.6 is 22.7 Å².